The summed E-state index contributed by atoms with van der Waals surface area (Å²) in [6.07, 6.45) is 1.65. The predicted molar refractivity (Wildman–Crippen MR) is 122 cm³/mol. The first-order valence-corrected chi connectivity index (χ1v) is 9.71. The lowest BCUT2D eigenvalue weighted by molar-refractivity contribution is -0.384. The van der Waals surface area contributed by atoms with Crippen LogP contribution in [0.5, 0.6) is 5.75 Å². The first kappa shape index (κ1) is 21.7. The molecule has 3 rings (SSSR count). The van der Waals surface area contributed by atoms with Gasteiger partial charge < -0.3 is 10.1 Å². The number of nitro groups is 1. The second kappa shape index (κ2) is 9.67. The van der Waals surface area contributed by atoms with Crippen LogP contribution in [0, 0.1) is 30.9 Å². The van der Waals surface area contributed by atoms with Crippen LogP contribution in [-0.4, -0.2) is 23.7 Å². The molecule has 31 heavy (non-hydrogen) atoms. The second-order valence-corrected chi connectivity index (χ2v) is 7.19. The van der Waals surface area contributed by atoms with E-state index in [-0.39, 0.29) is 18.2 Å². The van der Waals surface area contributed by atoms with Gasteiger partial charge in [0.05, 0.1) is 10.6 Å². The van der Waals surface area contributed by atoms with Crippen molar-refractivity contribution in [3.63, 3.8) is 0 Å². The quantitative estimate of drug-likeness (QED) is 0.321. The number of nitrogens with one attached hydrogen (secondary N) is 1. The summed E-state index contributed by atoms with van der Waals surface area (Å²) in [4.78, 5) is 27.0. The van der Waals surface area contributed by atoms with Gasteiger partial charge in [0.1, 0.15) is 5.75 Å². The Morgan fingerprint density at radius 2 is 1.84 bits per heavy atom. The van der Waals surface area contributed by atoms with Crippen LogP contribution < -0.4 is 10.1 Å². The van der Waals surface area contributed by atoms with Gasteiger partial charge in [-0.15, -0.1) is 0 Å². The van der Waals surface area contributed by atoms with Crippen molar-refractivity contribution in [3.8, 4) is 5.75 Å². The molecule has 7 heteroatoms. The van der Waals surface area contributed by atoms with Crippen LogP contribution in [0.4, 0.5) is 17.1 Å². The number of amides is 1. The number of carbonyl (C=O) groups excluding carboxylic acids is 1. The number of anilines is 1. The smallest absolute Gasteiger partial charge is 0.269 e. The minimum atomic E-state index is -0.433. The van der Waals surface area contributed by atoms with E-state index in [9.17, 15) is 14.9 Å². The number of carbonyl (C=O) groups is 1. The SMILES string of the molecule is Cc1ccc(NC(=O)COc2cccc(C=Nc3ccc([N+](=O)[O-])cc3C)c2)cc1C. The molecule has 0 saturated heterocycles. The van der Waals surface area contributed by atoms with Crippen LogP contribution in [0.1, 0.15) is 22.3 Å². The Labute approximate surface area is 180 Å². The number of rotatable bonds is 7. The minimum Gasteiger partial charge on any atom is -0.484 e. The summed E-state index contributed by atoms with van der Waals surface area (Å²) in [5, 5.41) is 13.7. The zero-order valence-corrected chi connectivity index (χ0v) is 17.6. The van der Waals surface area contributed by atoms with E-state index in [0.717, 1.165) is 22.4 Å². The summed E-state index contributed by atoms with van der Waals surface area (Å²) in [6.45, 7) is 5.67. The number of hydrogen-bond acceptors (Lipinski definition) is 5. The van der Waals surface area contributed by atoms with Crippen LogP contribution in [0.2, 0.25) is 0 Å². The van der Waals surface area contributed by atoms with Crippen LogP contribution in [0.15, 0.2) is 65.7 Å². The minimum absolute atomic E-state index is 0.0333. The third kappa shape index (κ3) is 5.99. The highest BCUT2D eigenvalue weighted by Crippen LogP contribution is 2.24. The average Bonchev–Trinajstić information content (AvgIpc) is 2.74. The third-order valence-corrected chi connectivity index (χ3v) is 4.76. The zero-order valence-electron chi connectivity index (χ0n) is 17.6. The van der Waals surface area contributed by atoms with Gasteiger partial charge in [-0.25, -0.2) is 0 Å². The fourth-order valence-corrected chi connectivity index (χ4v) is 2.89. The number of non-ortho nitro benzene ring substituents is 1. The molecule has 0 bridgehead atoms. The third-order valence-electron chi connectivity index (χ3n) is 4.76. The van der Waals surface area contributed by atoms with Crippen molar-refractivity contribution >= 4 is 29.2 Å². The van der Waals surface area contributed by atoms with E-state index in [4.69, 9.17) is 4.74 Å². The van der Waals surface area contributed by atoms with Crippen LogP contribution >= 0.6 is 0 Å². The van der Waals surface area contributed by atoms with Gasteiger partial charge in [-0.1, -0.05) is 18.2 Å². The molecule has 3 aromatic carbocycles. The molecule has 0 atom stereocenters. The summed E-state index contributed by atoms with van der Waals surface area (Å²) in [5.74, 6) is 0.295. The standard InChI is InChI=1S/C24H23N3O4/c1-16-7-8-20(11-17(16)2)26-24(28)15-31-22-6-4-5-19(13-22)14-25-23-10-9-21(27(29)30)12-18(23)3/h4-14H,15H2,1-3H3,(H,26,28). The molecule has 1 N–H and O–H groups in total. The summed E-state index contributed by atoms with van der Waals surface area (Å²) in [5.41, 5.74) is 5.17. The summed E-state index contributed by atoms with van der Waals surface area (Å²) >= 11 is 0. The Morgan fingerprint density at radius 3 is 2.55 bits per heavy atom. The highest BCUT2D eigenvalue weighted by Gasteiger charge is 2.08. The first-order valence-electron chi connectivity index (χ1n) is 9.71. The van der Waals surface area contributed by atoms with Crippen LogP contribution in [-0.2, 0) is 4.79 Å². The molecule has 3 aromatic rings. The van der Waals surface area contributed by atoms with Gasteiger partial charge in [0, 0.05) is 24.0 Å². The van der Waals surface area contributed by atoms with Crippen molar-refractivity contribution in [2.75, 3.05) is 11.9 Å². The van der Waals surface area contributed by atoms with Crippen LogP contribution in [0.3, 0.4) is 0 Å². The largest absolute Gasteiger partial charge is 0.484 e. The fraction of sp³-hybridized carbons (Fsp3) is 0.167. The van der Waals surface area contributed by atoms with E-state index < -0.39 is 4.92 Å². The molecule has 0 fully saturated rings. The number of benzene rings is 3. The maximum absolute atomic E-state index is 12.2. The number of ether oxygens (including phenoxy) is 1. The van der Waals surface area contributed by atoms with E-state index in [1.54, 1.807) is 37.4 Å². The van der Waals surface area contributed by atoms with E-state index in [1.165, 1.54) is 12.1 Å². The predicted octanol–water partition coefficient (Wildman–Crippen LogP) is 5.29. The first-order chi connectivity index (χ1) is 14.8. The molecule has 0 unspecified atom stereocenters. The monoisotopic (exact) mass is 417 g/mol. The molecule has 0 spiro atoms. The Hall–Kier alpha value is -4.00. The molecule has 0 heterocycles. The fourth-order valence-electron chi connectivity index (χ4n) is 2.89. The molecular weight excluding hydrogens is 394 g/mol. The van der Waals surface area contributed by atoms with E-state index in [0.29, 0.717) is 17.0 Å². The van der Waals surface area contributed by atoms with E-state index >= 15 is 0 Å². The maximum Gasteiger partial charge on any atom is 0.269 e. The summed E-state index contributed by atoms with van der Waals surface area (Å²) in [7, 11) is 0. The second-order valence-electron chi connectivity index (χ2n) is 7.19. The molecule has 1 amide bonds. The molecule has 7 nitrogen and oxygen atoms in total. The van der Waals surface area contributed by atoms with E-state index in [1.807, 2.05) is 38.1 Å². The van der Waals surface area contributed by atoms with Crippen molar-refractivity contribution in [2.45, 2.75) is 20.8 Å². The molecule has 0 aliphatic heterocycles. The summed E-state index contributed by atoms with van der Waals surface area (Å²) < 4.78 is 5.60. The van der Waals surface area contributed by atoms with Crippen LogP contribution in [0.25, 0.3) is 0 Å². The van der Waals surface area contributed by atoms with Gasteiger partial charge in [0.15, 0.2) is 6.61 Å². The average molecular weight is 417 g/mol. The van der Waals surface area contributed by atoms with Crippen molar-refractivity contribution in [1.82, 2.24) is 0 Å². The lowest BCUT2D eigenvalue weighted by atomic mass is 10.1. The molecule has 0 aromatic heterocycles. The number of nitrogens with zero attached hydrogens (tertiary/aromatic N) is 2. The van der Waals surface area contributed by atoms with Gasteiger partial charge >= 0.3 is 0 Å². The van der Waals surface area contributed by atoms with Crippen molar-refractivity contribution in [3.05, 3.63) is 93.0 Å². The Bertz CT molecular complexity index is 1160. The number of aliphatic imine (C=N–C) groups is 1. The molecule has 0 saturated carbocycles. The molecule has 0 aliphatic rings. The normalized spacial score (nSPS) is 10.8. The Balaban J connectivity index is 1.61. The number of nitro benzene ring substituents is 1. The van der Waals surface area contributed by atoms with Gasteiger partial charge in [0.2, 0.25) is 0 Å². The number of hydrogen-bond donors (Lipinski definition) is 1. The van der Waals surface area contributed by atoms with Crippen molar-refractivity contribution < 1.29 is 14.5 Å². The van der Waals surface area contributed by atoms with Gasteiger partial charge in [-0.2, -0.15) is 0 Å². The Kier molecular flexibility index (Phi) is 6.77. The maximum atomic E-state index is 12.2. The lowest BCUT2D eigenvalue weighted by Gasteiger charge is -2.09. The van der Waals surface area contributed by atoms with Gasteiger partial charge in [0.25, 0.3) is 11.6 Å². The Morgan fingerprint density at radius 1 is 1.03 bits per heavy atom. The molecule has 158 valence electrons. The highest BCUT2D eigenvalue weighted by molar-refractivity contribution is 5.92. The molecule has 0 aliphatic carbocycles. The van der Waals surface area contributed by atoms with Crippen molar-refractivity contribution in [2.24, 2.45) is 4.99 Å². The van der Waals surface area contributed by atoms with Gasteiger partial charge in [-0.05, 0) is 73.4 Å². The van der Waals surface area contributed by atoms with Crippen molar-refractivity contribution in [1.29, 1.82) is 0 Å². The molecule has 0 radical (unpaired) electrons. The topological polar surface area (TPSA) is 93.8 Å². The molecular formula is C24H23N3O4. The number of aryl methyl sites for hydroxylation is 3. The lowest BCUT2D eigenvalue weighted by Crippen LogP contribution is -2.20. The zero-order chi connectivity index (χ0) is 22.4. The highest BCUT2D eigenvalue weighted by atomic mass is 16.6. The van der Waals surface area contributed by atoms with Gasteiger partial charge in [-0.3, -0.25) is 19.9 Å². The van der Waals surface area contributed by atoms with E-state index in [2.05, 4.69) is 10.3 Å². The summed E-state index contributed by atoms with van der Waals surface area (Å²) in [6, 6.07) is 17.5.